The van der Waals surface area contributed by atoms with Crippen LogP contribution in [0.15, 0.2) is 48.5 Å². The van der Waals surface area contributed by atoms with E-state index < -0.39 is 23.8 Å². The van der Waals surface area contributed by atoms with Crippen LogP contribution in [0, 0.1) is 5.82 Å². The Morgan fingerprint density at radius 3 is 2.50 bits per heavy atom. The number of hydrogen-bond acceptors (Lipinski definition) is 3. The zero-order valence-electron chi connectivity index (χ0n) is 14.7. The van der Waals surface area contributed by atoms with Gasteiger partial charge < -0.3 is 10.1 Å². The lowest BCUT2D eigenvalue weighted by Crippen LogP contribution is -2.38. The van der Waals surface area contributed by atoms with Gasteiger partial charge in [0.15, 0.2) is 6.10 Å². The van der Waals surface area contributed by atoms with Crippen LogP contribution in [0.5, 0.6) is 0 Å². The van der Waals surface area contributed by atoms with Crippen molar-refractivity contribution in [2.45, 2.75) is 38.8 Å². The molecule has 6 heteroatoms. The second-order valence-electron chi connectivity index (χ2n) is 5.93. The van der Waals surface area contributed by atoms with Crippen LogP contribution >= 0.6 is 11.6 Å². The summed E-state index contributed by atoms with van der Waals surface area (Å²) >= 11 is 5.67. The highest BCUT2D eigenvalue weighted by Crippen LogP contribution is 2.19. The van der Waals surface area contributed by atoms with Crippen molar-refractivity contribution in [1.29, 1.82) is 0 Å². The van der Waals surface area contributed by atoms with Crippen molar-refractivity contribution in [3.63, 3.8) is 0 Å². The van der Waals surface area contributed by atoms with Crippen LogP contribution < -0.4 is 5.32 Å². The van der Waals surface area contributed by atoms with E-state index >= 15 is 0 Å². The fourth-order valence-corrected chi connectivity index (χ4v) is 2.68. The molecule has 2 rings (SSSR count). The third kappa shape index (κ3) is 5.30. The zero-order valence-corrected chi connectivity index (χ0v) is 15.4. The summed E-state index contributed by atoms with van der Waals surface area (Å²) in [6.45, 7) is 3.48. The van der Waals surface area contributed by atoms with Gasteiger partial charge in [0.1, 0.15) is 5.82 Å². The predicted octanol–water partition coefficient (Wildman–Crippen LogP) is 4.68. The topological polar surface area (TPSA) is 55.4 Å². The summed E-state index contributed by atoms with van der Waals surface area (Å²) in [7, 11) is 0. The molecular formula is C20H21ClFNO3. The molecule has 0 fully saturated rings. The van der Waals surface area contributed by atoms with E-state index in [9.17, 15) is 14.0 Å². The normalized spacial score (nSPS) is 12.9. The number of carbonyl (C=O) groups excluding carboxylic acids is 2. The quantitative estimate of drug-likeness (QED) is 0.712. The maximum atomic E-state index is 13.8. The average molecular weight is 378 g/mol. The Kier molecular flexibility index (Phi) is 7.16. The summed E-state index contributed by atoms with van der Waals surface area (Å²) in [6, 6.07) is 13.0. The van der Waals surface area contributed by atoms with Gasteiger partial charge in [-0.1, -0.05) is 55.3 Å². The molecule has 2 aromatic carbocycles. The summed E-state index contributed by atoms with van der Waals surface area (Å²) < 4.78 is 18.9. The van der Waals surface area contributed by atoms with E-state index in [1.165, 1.54) is 19.1 Å². The monoisotopic (exact) mass is 377 g/mol. The van der Waals surface area contributed by atoms with Gasteiger partial charge in [-0.05, 0) is 37.1 Å². The first-order valence-corrected chi connectivity index (χ1v) is 8.81. The molecule has 2 aromatic rings. The highest BCUT2D eigenvalue weighted by atomic mass is 35.5. The summed E-state index contributed by atoms with van der Waals surface area (Å²) in [4.78, 5) is 24.5. The van der Waals surface area contributed by atoms with E-state index in [2.05, 4.69) is 5.32 Å². The molecule has 0 spiro atoms. The van der Waals surface area contributed by atoms with Crippen molar-refractivity contribution in [3.05, 3.63) is 70.5 Å². The van der Waals surface area contributed by atoms with Crippen LogP contribution in [0.25, 0.3) is 0 Å². The lowest BCUT2D eigenvalue weighted by atomic mass is 10.0. The first-order valence-electron chi connectivity index (χ1n) is 8.43. The number of hydrogen-bond donors (Lipinski definition) is 1. The summed E-state index contributed by atoms with van der Waals surface area (Å²) in [5.41, 5.74) is 0.715. The average Bonchev–Trinajstić information content (AvgIpc) is 2.61. The van der Waals surface area contributed by atoms with Crippen LogP contribution in [0.1, 0.15) is 48.7 Å². The minimum atomic E-state index is -1.05. The zero-order chi connectivity index (χ0) is 19.1. The number of carbonyl (C=O) groups is 2. The molecule has 0 saturated carbocycles. The fourth-order valence-electron chi connectivity index (χ4n) is 2.52. The van der Waals surface area contributed by atoms with Crippen LogP contribution in [0.3, 0.4) is 0 Å². The molecule has 4 nitrogen and oxygen atoms in total. The summed E-state index contributed by atoms with van der Waals surface area (Å²) in [5.74, 6) is -2.13. The number of rotatable bonds is 7. The number of amides is 1. The van der Waals surface area contributed by atoms with E-state index in [1.807, 2.05) is 37.3 Å². The van der Waals surface area contributed by atoms with Crippen LogP contribution in [0.4, 0.5) is 4.39 Å². The second kappa shape index (κ2) is 9.34. The molecule has 2 atom stereocenters. The highest BCUT2D eigenvalue weighted by Gasteiger charge is 2.23. The molecule has 0 aliphatic carbocycles. The van der Waals surface area contributed by atoms with Crippen molar-refractivity contribution in [2.24, 2.45) is 0 Å². The molecule has 0 unspecified atom stereocenters. The van der Waals surface area contributed by atoms with Gasteiger partial charge in [-0.25, -0.2) is 9.18 Å². The Hall–Kier alpha value is -2.40. The van der Waals surface area contributed by atoms with Crippen molar-refractivity contribution in [3.8, 4) is 0 Å². The minimum absolute atomic E-state index is 0.176. The van der Waals surface area contributed by atoms with Gasteiger partial charge in [0, 0.05) is 5.02 Å². The van der Waals surface area contributed by atoms with Crippen molar-refractivity contribution >= 4 is 23.5 Å². The Morgan fingerprint density at radius 1 is 1.19 bits per heavy atom. The highest BCUT2D eigenvalue weighted by molar-refractivity contribution is 6.30. The summed E-state index contributed by atoms with van der Waals surface area (Å²) in [6.07, 6.45) is 0.576. The molecule has 0 aliphatic rings. The van der Waals surface area contributed by atoms with Gasteiger partial charge in [-0.3, -0.25) is 4.79 Å². The molecule has 0 bridgehead atoms. The fraction of sp³-hybridized carbons (Fsp3) is 0.300. The smallest absolute Gasteiger partial charge is 0.341 e. The van der Waals surface area contributed by atoms with Crippen LogP contribution in [0.2, 0.25) is 5.02 Å². The summed E-state index contributed by atoms with van der Waals surface area (Å²) in [5, 5.41) is 3.06. The van der Waals surface area contributed by atoms with Gasteiger partial charge in [-0.15, -0.1) is 0 Å². The molecule has 0 saturated heterocycles. The maximum absolute atomic E-state index is 13.8. The Bertz CT molecular complexity index is 767. The van der Waals surface area contributed by atoms with Crippen molar-refractivity contribution < 1.29 is 18.7 Å². The van der Waals surface area contributed by atoms with Gasteiger partial charge >= 0.3 is 5.97 Å². The number of esters is 1. The van der Waals surface area contributed by atoms with E-state index in [1.54, 1.807) is 0 Å². The second-order valence-corrected chi connectivity index (χ2v) is 6.37. The Balaban J connectivity index is 2.02. The number of halogens is 2. The SMILES string of the molecule is CCC[C@H](NC(=O)[C@@H](C)OC(=O)c1ccc(Cl)cc1F)c1ccccc1. The lowest BCUT2D eigenvalue weighted by molar-refractivity contribution is -0.129. The van der Waals surface area contributed by atoms with Crippen LogP contribution in [-0.2, 0) is 9.53 Å². The van der Waals surface area contributed by atoms with Gasteiger partial charge in [-0.2, -0.15) is 0 Å². The minimum Gasteiger partial charge on any atom is -0.449 e. The molecule has 0 heterocycles. The number of benzene rings is 2. The third-order valence-electron chi connectivity index (χ3n) is 3.90. The third-order valence-corrected chi connectivity index (χ3v) is 4.13. The van der Waals surface area contributed by atoms with Crippen molar-refractivity contribution in [1.82, 2.24) is 5.32 Å². The Morgan fingerprint density at radius 2 is 1.88 bits per heavy atom. The number of ether oxygens (including phenoxy) is 1. The molecular weight excluding hydrogens is 357 g/mol. The van der Waals surface area contributed by atoms with E-state index in [4.69, 9.17) is 16.3 Å². The molecule has 0 aliphatic heterocycles. The molecule has 1 N–H and O–H groups in total. The van der Waals surface area contributed by atoms with E-state index in [0.29, 0.717) is 0 Å². The predicted molar refractivity (Wildman–Crippen MR) is 98.5 cm³/mol. The first kappa shape index (κ1) is 19.9. The molecule has 26 heavy (non-hydrogen) atoms. The van der Waals surface area contributed by atoms with E-state index in [-0.39, 0.29) is 16.6 Å². The number of nitrogens with one attached hydrogen (secondary N) is 1. The molecule has 138 valence electrons. The molecule has 1 amide bonds. The first-order chi connectivity index (χ1) is 12.4. The van der Waals surface area contributed by atoms with Gasteiger partial charge in [0.2, 0.25) is 0 Å². The molecule has 0 aromatic heterocycles. The lowest BCUT2D eigenvalue weighted by Gasteiger charge is -2.21. The molecule has 0 radical (unpaired) electrons. The standard InChI is InChI=1S/C20H21ClFNO3/c1-3-7-18(14-8-5-4-6-9-14)23-19(24)13(2)26-20(25)16-11-10-15(21)12-17(16)22/h4-6,8-13,18H,3,7H2,1-2H3,(H,23,24)/t13-,18+/m1/s1. The largest absolute Gasteiger partial charge is 0.449 e. The Labute approximate surface area is 157 Å². The van der Waals surface area contributed by atoms with Crippen molar-refractivity contribution in [2.75, 3.05) is 0 Å². The maximum Gasteiger partial charge on any atom is 0.341 e. The van der Waals surface area contributed by atoms with Gasteiger partial charge in [0.25, 0.3) is 5.91 Å². The van der Waals surface area contributed by atoms with Crippen LogP contribution in [-0.4, -0.2) is 18.0 Å². The van der Waals surface area contributed by atoms with E-state index in [0.717, 1.165) is 24.5 Å². The van der Waals surface area contributed by atoms with Gasteiger partial charge in [0.05, 0.1) is 11.6 Å².